The number of carbonyl (C=O) groups is 3. The molecule has 0 atom stereocenters. The SMILES string of the molecule is CCN(CC)c1ccc(NC(=O)c2cccc(CCCOCCOCCOCCOCCNC(=O)c3cscn3)c2)c(-c2cc(C(N)=O)ccn2)c1. The fraction of sp³-hybridized carbons (Fsp3) is 0.395. The van der Waals surface area contributed by atoms with E-state index in [4.69, 9.17) is 24.7 Å². The molecule has 0 bridgehead atoms. The highest BCUT2D eigenvalue weighted by atomic mass is 32.1. The van der Waals surface area contributed by atoms with Gasteiger partial charge in [-0.3, -0.25) is 19.4 Å². The summed E-state index contributed by atoms with van der Waals surface area (Å²) in [5.74, 6) is -0.998. The molecule has 0 fully saturated rings. The van der Waals surface area contributed by atoms with E-state index >= 15 is 0 Å². The molecular weight excluding hydrogens is 685 g/mol. The maximum atomic E-state index is 13.4. The van der Waals surface area contributed by atoms with Crippen molar-refractivity contribution >= 4 is 40.4 Å². The molecule has 4 aromatic rings. The Hall–Kier alpha value is -4.73. The van der Waals surface area contributed by atoms with Gasteiger partial charge in [0, 0.05) is 60.2 Å². The molecule has 0 aliphatic carbocycles. The van der Waals surface area contributed by atoms with Crippen molar-refractivity contribution in [1.29, 1.82) is 0 Å². The van der Waals surface area contributed by atoms with Gasteiger partial charge >= 0.3 is 0 Å². The largest absolute Gasteiger partial charge is 0.379 e. The number of aryl methyl sites for hydroxylation is 1. The number of pyridine rings is 1. The number of thiazole rings is 1. The van der Waals surface area contributed by atoms with E-state index in [1.165, 1.54) is 11.3 Å². The van der Waals surface area contributed by atoms with Crippen molar-refractivity contribution in [3.8, 4) is 11.3 Å². The van der Waals surface area contributed by atoms with Crippen molar-refractivity contribution in [3.63, 3.8) is 0 Å². The van der Waals surface area contributed by atoms with E-state index in [-0.39, 0.29) is 11.8 Å². The highest BCUT2D eigenvalue weighted by Crippen LogP contribution is 2.32. The Bertz CT molecular complexity index is 1700. The van der Waals surface area contributed by atoms with Gasteiger partial charge in [0.05, 0.1) is 63.1 Å². The molecule has 0 saturated carbocycles. The molecule has 13 nitrogen and oxygen atoms in total. The van der Waals surface area contributed by atoms with Gasteiger partial charge in [0.15, 0.2) is 0 Å². The fourth-order valence-corrected chi connectivity index (χ4v) is 5.76. The average molecular weight is 733 g/mol. The van der Waals surface area contributed by atoms with Crippen LogP contribution in [-0.2, 0) is 25.4 Å². The molecule has 0 radical (unpaired) electrons. The van der Waals surface area contributed by atoms with Gasteiger partial charge < -0.3 is 40.2 Å². The molecule has 0 unspecified atom stereocenters. The molecule has 4 rings (SSSR count). The van der Waals surface area contributed by atoms with Gasteiger partial charge in [-0.15, -0.1) is 11.3 Å². The highest BCUT2D eigenvalue weighted by molar-refractivity contribution is 7.07. The number of primary amides is 1. The predicted molar refractivity (Wildman–Crippen MR) is 202 cm³/mol. The Morgan fingerprint density at radius 1 is 0.788 bits per heavy atom. The summed E-state index contributed by atoms with van der Waals surface area (Å²) in [6, 6.07) is 16.6. The van der Waals surface area contributed by atoms with Crippen LogP contribution in [-0.4, -0.2) is 100 Å². The maximum Gasteiger partial charge on any atom is 0.270 e. The van der Waals surface area contributed by atoms with Crippen LogP contribution >= 0.6 is 11.3 Å². The van der Waals surface area contributed by atoms with Gasteiger partial charge in [-0.2, -0.15) is 0 Å². The lowest BCUT2D eigenvalue weighted by molar-refractivity contribution is -0.00158. The van der Waals surface area contributed by atoms with E-state index in [0.29, 0.717) is 93.2 Å². The monoisotopic (exact) mass is 732 g/mol. The zero-order valence-corrected chi connectivity index (χ0v) is 30.6. The number of carbonyl (C=O) groups excluding carboxylic acids is 3. The molecule has 2 heterocycles. The molecule has 2 aromatic heterocycles. The molecule has 0 saturated heterocycles. The lowest BCUT2D eigenvalue weighted by Crippen LogP contribution is -2.27. The van der Waals surface area contributed by atoms with Crippen LogP contribution in [0.2, 0.25) is 0 Å². The fourth-order valence-electron chi connectivity index (χ4n) is 5.22. The third-order valence-corrected chi connectivity index (χ3v) is 8.54. The Morgan fingerprint density at radius 2 is 1.50 bits per heavy atom. The predicted octanol–water partition coefficient (Wildman–Crippen LogP) is 4.83. The molecule has 52 heavy (non-hydrogen) atoms. The zero-order valence-electron chi connectivity index (χ0n) is 29.8. The minimum absolute atomic E-state index is 0.204. The molecule has 14 heteroatoms. The van der Waals surface area contributed by atoms with E-state index < -0.39 is 5.91 Å². The highest BCUT2D eigenvalue weighted by Gasteiger charge is 2.16. The maximum absolute atomic E-state index is 13.4. The number of hydrogen-bond donors (Lipinski definition) is 3. The third-order valence-electron chi connectivity index (χ3n) is 7.96. The first kappa shape index (κ1) is 40.0. The number of nitrogens with two attached hydrogens (primary N) is 1. The summed E-state index contributed by atoms with van der Waals surface area (Å²) in [7, 11) is 0. The first-order chi connectivity index (χ1) is 25.4. The summed E-state index contributed by atoms with van der Waals surface area (Å²) in [5.41, 5.74) is 12.3. The van der Waals surface area contributed by atoms with Gasteiger partial charge in [0.1, 0.15) is 5.69 Å². The second-order valence-corrected chi connectivity index (χ2v) is 12.3. The number of anilines is 2. The van der Waals surface area contributed by atoms with Crippen LogP contribution in [0.5, 0.6) is 0 Å². The minimum atomic E-state index is -0.547. The Balaban J connectivity index is 1.12. The number of aromatic nitrogens is 2. The first-order valence-corrected chi connectivity index (χ1v) is 18.4. The van der Waals surface area contributed by atoms with Crippen LogP contribution in [0.1, 0.15) is 57.0 Å². The van der Waals surface area contributed by atoms with Crippen molar-refractivity contribution in [2.75, 3.05) is 82.7 Å². The number of ether oxygens (including phenoxy) is 4. The Morgan fingerprint density at radius 3 is 2.17 bits per heavy atom. The second kappa shape index (κ2) is 22.3. The van der Waals surface area contributed by atoms with Crippen molar-refractivity contribution in [1.82, 2.24) is 15.3 Å². The summed E-state index contributed by atoms with van der Waals surface area (Å²) in [6.45, 7) is 9.90. The lowest BCUT2D eigenvalue weighted by Gasteiger charge is -2.23. The first-order valence-electron chi connectivity index (χ1n) is 17.4. The molecular formula is C38H48N6O7S. The topological polar surface area (TPSA) is 167 Å². The lowest BCUT2D eigenvalue weighted by atomic mass is 10.0. The molecule has 0 aliphatic rings. The summed E-state index contributed by atoms with van der Waals surface area (Å²) >= 11 is 1.38. The number of benzene rings is 2. The van der Waals surface area contributed by atoms with Crippen LogP contribution in [0.25, 0.3) is 11.3 Å². The van der Waals surface area contributed by atoms with Crippen molar-refractivity contribution in [2.24, 2.45) is 5.73 Å². The molecule has 0 spiro atoms. The average Bonchev–Trinajstić information content (AvgIpc) is 3.71. The standard InChI is InChI=1S/C38H48N6O7S/c1-3-44(4-2)31-10-11-33(32(25-31)34-24-29(36(39)45)12-13-40-34)43-37(46)30-9-5-7-28(23-30)8-6-15-48-17-19-50-21-22-51-20-18-49-16-14-41-38(47)35-26-52-27-42-35/h5,7,9-13,23-27H,3-4,6,8,14-22H2,1-2H3,(H2,39,45)(H,41,47)(H,43,46). The van der Waals surface area contributed by atoms with E-state index in [1.807, 2.05) is 36.4 Å². The molecule has 0 aliphatic heterocycles. The summed E-state index contributed by atoms with van der Waals surface area (Å²) < 4.78 is 22.2. The molecule has 278 valence electrons. The summed E-state index contributed by atoms with van der Waals surface area (Å²) in [4.78, 5) is 47.7. The Kier molecular flexibility index (Phi) is 17.1. The summed E-state index contributed by atoms with van der Waals surface area (Å²) in [6.07, 6.45) is 3.09. The van der Waals surface area contributed by atoms with Gasteiger partial charge in [-0.25, -0.2) is 4.98 Å². The minimum Gasteiger partial charge on any atom is -0.379 e. The van der Waals surface area contributed by atoms with E-state index in [0.717, 1.165) is 37.2 Å². The van der Waals surface area contributed by atoms with Crippen LogP contribution in [0.15, 0.2) is 71.7 Å². The zero-order chi connectivity index (χ0) is 37.0. The number of nitrogens with one attached hydrogen (secondary N) is 2. The summed E-state index contributed by atoms with van der Waals surface area (Å²) in [5, 5.41) is 7.50. The van der Waals surface area contributed by atoms with Gasteiger partial charge in [0.2, 0.25) is 5.91 Å². The van der Waals surface area contributed by atoms with E-state index in [2.05, 4.69) is 39.3 Å². The number of amides is 3. The number of rotatable bonds is 24. The Labute approximate surface area is 308 Å². The van der Waals surface area contributed by atoms with Crippen LogP contribution < -0.4 is 21.3 Å². The second-order valence-electron chi connectivity index (χ2n) is 11.5. The third kappa shape index (κ3) is 13.1. The van der Waals surface area contributed by atoms with Gasteiger partial charge in [-0.1, -0.05) is 12.1 Å². The normalized spacial score (nSPS) is 11.0. The van der Waals surface area contributed by atoms with Gasteiger partial charge in [-0.05, 0) is 74.7 Å². The number of hydrogen-bond acceptors (Lipinski definition) is 11. The van der Waals surface area contributed by atoms with Crippen molar-refractivity contribution in [2.45, 2.75) is 26.7 Å². The van der Waals surface area contributed by atoms with Crippen molar-refractivity contribution in [3.05, 3.63) is 94.1 Å². The molecule has 4 N–H and O–H groups in total. The van der Waals surface area contributed by atoms with Crippen molar-refractivity contribution < 1.29 is 33.3 Å². The van der Waals surface area contributed by atoms with E-state index in [1.54, 1.807) is 35.3 Å². The molecule has 2 aromatic carbocycles. The smallest absolute Gasteiger partial charge is 0.270 e. The van der Waals surface area contributed by atoms with Crippen LogP contribution in [0, 0.1) is 0 Å². The molecule has 3 amide bonds. The number of nitrogens with zero attached hydrogens (tertiary/aromatic N) is 3. The van der Waals surface area contributed by atoms with Crippen LogP contribution in [0.4, 0.5) is 11.4 Å². The quantitative estimate of drug-likeness (QED) is 0.0850. The van der Waals surface area contributed by atoms with Crippen LogP contribution in [0.3, 0.4) is 0 Å². The van der Waals surface area contributed by atoms with Gasteiger partial charge in [0.25, 0.3) is 11.8 Å². The van der Waals surface area contributed by atoms with E-state index in [9.17, 15) is 14.4 Å².